The minimum Gasteiger partial charge on any atom is -0.545 e. The van der Waals surface area contributed by atoms with Gasteiger partial charge in [0.15, 0.2) is 12.4 Å². The second-order valence-electron chi connectivity index (χ2n) is 24.1. The number of aliphatic carboxylic acids is 1. The normalized spacial score (nSPS) is 13.6. The Morgan fingerprint density at radius 2 is 0.621 bits per heavy atom. The van der Waals surface area contributed by atoms with Gasteiger partial charge in [0.05, 0.1) is 40.3 Å². The van der Waals surface area contributed by atoms with E-state index in [0.717, 1.165) is 116 Å². The van der Waals surface area contributed by atoms with E-state index >= 15 is 0 Å². The lowest BCUT2D eigenvalue weighted by Gasteiger charge is -2.26. The molecule has 9 nitrogen and oxygen atoms in total. The molecular formula is C78H129NO8. The molecule has 9 heteroatoms. The maximum atomic E-state index is 12.9. The second-order valence-corrected chi connectivity index (χ2v) is 24.1. The summed E-state index contributed by atoms with van der Waals surface area (Å²) in [5.74, 6) is -2.29. The Morgan fingerprint density at radius 1 is 0.345 bits per heavy atom. The maximum absolute atomic E-state index is 12.9. The predicted molar refractivity (Wildman–Crippen MR) is 370 cm³/mol. The van der Waals surface area contributed by atoms with Crippen LogP contribution in [0.25, 0.3) is 0 Å². The van der Waals surface area contributed by atoms with Crippen molar-refractivity contribution in [2.45, 2.75) is 283 Å². The van der Waals surface area contributed by atoms with E-state index < -0.39 is 24.3 Å². The zero-order valence-corrected chi connectivity index (χ0v) is 56.3. The molecule has 0 aromatic carbocycles. The Morgan fingerprint density at radius 3 is 0.920 bits per heavy atom. The fourth-order valence-corrected chi connectivity index (χ4v) is 9.31. The molecule has 494 valence electrons. The SMILES string of the molecule is CC/C=C\C/C=C\C/C=C\C/C=C\C/C=C\C/C=C\CCCCCCCCCCCCCCC(=O)OCC(COC(OCC[N+](C)(C)C)C(=O)[O-])OC(=O)CCCCCCCCCCCCCC/C=C\C/C=C\C/C=C\C/C=C\C/C=C\C/C=C\CC. The fourth-order valence-electron chi connectivity index (χ4n) is 9.31. The molecule has 0 saturated heterocycles. The summed E-state index contributed by atoms with van der Waals surface area (Å²) in [4.78, 5) is 37.5. The van der Waals surface area contributed by atoms with Crippen LogP contribution in [0.4, 0.5) is 0 Å². The number of allylic oxidation sites excluding steroid dienone is 24. The standard InChI is InChI=1S/C78H129NO8/c1-6-8-10-12-14-16-18-20-22-24-26-28-30-32-34-36-38-40-42-44-46-48-50-52-54-56-58-60-62-64-66-68-75(80)85-72-74(73-86-78(77(82)83)84-71-70-79(3,4)5)87-76(81)69-67-65-63-61-59-57-55-53-51-49-47-45-43-41-39-37-35-33-31-29-27-25-23-21-19-17-15-13-11-9-7-2/h8-11,14-17,20-23,26-29,32-35,38-41,74,78H,6-7,12-13,18-19,24-25,30-31,36-37,42-73H2,1-5H3/b10-8-,11-9-,16-14-,17-15-,22-20-,23-21-,28-26-,29-27-,34-32-,35-33-,40-38-,41-39-. The molecule has 2 atom stereocenters. The van der Waals surface area contributed by atoms with Gasteiger partial charge in [0.2, 0.25) is 0 Å². The van der Waals surface area contributed by atoms with Crippen LogP contribution in [-0.2, 0) is 33.3 Å². The third-order valence-corrected chi connectivity index (χ3v) is 14.6. The van der Waals surface area contributed by atoms with Crippen molar-refractivity contribution in [2.24, 2.45) is 0 Å². The quantitative estimate of drug-likeness (QED) is 0.0195. The van der Waals surface area contributed by atoms with Crippen molar-refractivity contribution in [3.63, 3.8) is 0 Å². The van der Waals surface area contributed by atoms with Crippen molar-refractivity contribution in [2.75, 3.05) is 47.5 Å². The number of esters is 2. The molecule has 0 saturated carbocycles. The molecule has 0 aliphatic carbocycles. The van der Waals surface area contributed by atoms with Gasteiger partial charge in [-0.1, -0.05) is 288 Å². The second kappa shape index (κ2) is 67.1. The van der Waals surface area contributed by atoms with Gasteiger partial charge in [-0.3, -0.25) is 9.59 Å². The summed E-state index contributed by atoms with van der Waals surface area (Å²) in [7, 11) is 5.92. The number of carboxylic acids is 1. The number of ether oxygens (including phenoxy) is 4. The number of hydrogen-bond acceptors (Lipinski definition) is 8. The first-order valence-corrected chi connectivity index (χ1v) is 35.0. The van der Waals surface area contributed by atoms with Crippen LogP contribution in [0.2, 0.25) is 0 Å². The van der Waals surface area contributed by atoms with Gasteiger partial charge in [-0.05, 0) is 116 Å². The Kier molecular flexibility index (Phi) is 63.4. The molecule has 0 amide bonds. The van der Waals surface area contributed by atoms with Crippen LogP contribution >= 0.6 is 0 Å². The molecule has 0 aromatic heterocycles. The van der Waals surface area contributed by atoms with Crippen molar-refractivity contribution in [3.05, 3.63) is 146 Å². The average molecular weight is 1210 g/mol. The van der Waals surface area contributed by atoms with E-state index in [1.54, 1.807) is 0 Å². The lowest BCUT2D eigenvalue weighted by atomic mass is 10.0. The van der Waals surface area contributed by atoms with Gasteiger partial charge in [-0.25, -0.2) is 0 Å². The fraction of sp³-hybridized carbons (Fsp3) is 0.654. The number of carboxylic acid groups (broad SMARTS) is 1. The summed E-state index contributed by atoms with van der Waals surface area (Å²) in [6, 6.07) is 0. The first kappa shape index (κ1) is 82.2. The largest absolute Gasteiger partial charge is 0.545 e. The number of carbonyl (C=O) groups excluding carboxylic acids is 3. The molecule has 0 bridgehead atoms. The molecule has 2 unspecified atom stereocenters. The van der Waals surface area contributed by atoms with Crippen LogP contribution in [0.1, 0.15) is 271 Å². The van der Waals surface area contributed by atoms with Crippen molar-refractivity contribution < 1.29 is 42.9 Å². The summed E-state index contributed by atoms with van der Waals surface area (Å²) >= 11 is 0. The first-order valence-electron chi connectivity index (χ1n) is 35.0. The van der Waals surface area contributed by atoms with E-state index in [9.17, 15) is 19.5 Å². The van der Waals surface area contributed by atoms with E-state index in [0.29, 0.717) is 17.4 Å². The number of rotatable bonds is 63. The maximum Gasteiger partial charge on any atom is 0.306 e. The summed E-state index contributed by atoms with van der Waals surface area (Å²) < 4.78 is 22.8. The Hall–Kier alpha value is -4.83. The highest BCUT2D eigenvalue weighted by molar-refractivity contribution is 5.70. The summed E-state index contributed by atoms with van der Waals surface area (Å²) in [5.41, 5.74) is 0. The number of nitrogens with zero attached hydrogens (tertiary/aromatic N) is 1. The summed E-state index contributed by atoms with van der Waals surface area (Å²) in [6.45, 7) is 4.52. The molecule has 0 heterocycles. The minimum atomic E-state index is -1.63. The van der Waals surface area contributed by atoms with Gasteiger partial charge in [0, 0.05) is 12.8 Å². The first-order chi connectivity index (χ1) is 42.6. The molecule has 0 aliphatic rings. The average Bonchev–Trinajstić information content (AvgIpc) is 3.51. The Bertz CT molecular complexity index is 1940. The van der Waals surface area contributed by atoms with Gasteiger partial charge in [0.25, 0.3) is 0 Å². The molecule has 0 aromatic rings. The van der Waals surface area contributed by atoms with Crippen molar-refractivity contribution in [1.82, 2.24) is 0 Å². The molecule has 87 heavy (non-hydrogen) atoms. The molecule has 0 spiro atoms. The predicted octanol–water partition coefficient (Wildman–Crippen LogP) is 20.6. The lowest BCUT2D eigenvalue weighted by molar-refractivity contribution is -0.870. The minimum absolute atomic E-state index is 0.141. The number of hydrogen-bond donors (Lipinski definition) is 0. The van der Waals surface area contributed by atoms with E-state index in [4.69, 9.17) is 18.9 Å². The monoisotopic (exact) mass is 1210 g/mol. The van der Waals surface area contributed by atoms with Crippen LogP contribution in [0, 0.1) is 0 Å². The number of likely N-dealkylation sites (N-methyl/N-ethyl adjacent to an activating group) is 1. The van der Waals surface area contributed by atoms with Crippen LogP contribution < -0.4 is 5.11 Å². The van der Waals surface area contributed by atoms with Gasteiger partial charge in [-0.2, -0.15) is 0 Å². The third kappa shape index (κ3) is 68.5. The van der Waals surface area contributed by atoms with Crippen LogP contribution in [-0.4, -0.2) is 82.3 Å². The zero-order valence-electron chi connectivity index (χ0n) is 56.3. The van der Waals surface area contributed by atoms with Gasteiger partial charge in [-0.15, -0.1) is 0 Å². The number of unbranched alkanes of at least 4 members (excludes halogenated alkanes) is 24. The van der Waals surface area contributed by atoms with Crippen molar-refractivity contribution >= 4 is 17.9 Å². The van der Waals surface area contributed by atoms with E-state index in [1.807, 2.05) is 21.1 Å². The Balaban J connectivity index is 4.16. The van der Waals surface area contributed by atoms with E-state index in [2.05, 4.69) is 160 Å². The number of carbonyl (C=O) groups is 3. The highest BCUT2D eigenvalue weighted by Gasteiger charge is 2.22. The molecule has 0 aliphatic heterocycles. The highest BCUT2D eigenvalue weighted by Crippen LogP contribution is 2.16. The van der Waals surface area contributed by atoms with Crippen molar-refractivity contribution in [1.29, 1.82) is 0 Å². The summed E-state index contributed by atoms with van der Waals surface area (Å²) in [5, 5.41) is 11.8. The molecule has 0 N–H and O–H groups in total. The van der Waals surface area contributed by atoms with Crippen LogP contribution in [0.15, 0.2) is 146 Å². The highest BCUT2D eigenvalue weighted by atomic mass is 16.7. The third-order valence-electron chi connectivity index (χ3n) is 14.6. The molecule has 0 rings (SSSR count). The molecule has 0 radical (unpaired) electrons. The smallest absolute Gasteiger partial charge is 0.306 e. The number of quaternary nitrogens is 1. The van der Waals surface area contributed by atoms with Gasteiger partial charge < -0.3 is 33.3 Å². The van der Waals surface area contributed by atoms with E-state index in [-0.39, 0.29) is 38.6 Å². The molecule has 0 fully saturated rings. The van der Waals surface area contributed by atoms with Crippen molar-refractivity contribution in [3.8, 4) is 0 Å². The Labute approximate surface area is 534 Å². The molecular weight excluding hydrogens is 1080 g/mol. The lowest BCUT2D eigenvalue weighted by Crippen LogP contribution is -2.44. The van der Waals surface area contributed by atoms with Gasteiger partial charge >= 0.3 is 11.9 Å². The summed E-state index contributed by atoms with van der Waals surface area (Å²) in [6.07, 6.45) is 94.9. The van der Waals surface area contributed by atoms with Gasteiger partial charge in [0.1, 0.15) is 13.2 Å². The zero-order chi connectivity index (χ0) is 63.3. The van der Waals surface area contributed by atoms with Crippen LogP contribution in [0.5, 0.6) is 0 Å². The topological polar surface area (TPSA) is 111 Å². The van der Waals surface area contributed by atoms with E-state index in [1.165, 1.54) is 122 Å². The van der Waals surface area contributed by atoms with Crippen LogP contribution in [0.3, 0.4) is 0 Å².